The molecule has 3 rings (SSSR count). The molecule has 0 bridgehead atoms. The summed E-state index contributed by atoms with van der Waals surface area (Å²) in [5.74, 6) is 0. The summed E-state index contributed by atoms with van der Waals surface area (Å²) in [6.07, 6.45) is 1.85. The van der Waals surface area contributed by atoms with Crippen LogP contribution >= 0.6 is 0 Å². The normalized spacial score (nSPS) is 11.1. The highest BCUT2D eigenvalue weighted by Gasteiger charge is 2.10. The Morgan fingerprint density at radius 2 is 2.00 bits per heavy atom. The van der Waals surface area contributed by atoms with E-state index in [1.165, 1.54) is 0 Å². The van der Waals surface area contributed by atoms with Crippen LogP contribution in [0.5, 0.6) is 0 Å². The lowest BCUT2D eigenvalue weighted by atomic mass is 10.1. The molecule has 0 unspecified atom stereocenters. The van der Waals surface area contributed by atoms with Gasteiger partial charge in [0.1, 0.15) is 0 Å². The van der Waals surface area contributed by atoms with Gasteiger partial charge in [-0.2, -0.15) is 0 Å². The number of nitrogens with two attached hydrogens (primary N) is 1. The second-order valence-corrected chi connectivity index (χ2v) is 4.64. The second kappa shape index (κ2) is 4.48. The summed E-state index contributed by atoms with van der Waals surface area (Å²) in [4.78, 5) is 8.92. The largest absolute Gasteiger partial charge is 0.325 e. The number of aryl methyl sites for hydroxylation is 1. The topological polar surface area (TPSA) is 56.7 Å². The molecule has 2 heterocycles. The van der Waals surface area contributed by atoms with E-state index in [0.29, 0.717) is 6.54 Å². The van der Waals surface area contributed by atoms with E-state index in [0.717, 1.165) is 33.7 Å². The van der Waals surface area contributed by atoms with Crippen LogP contribution in [0.4, 0.5) is 0 Å². The van der Waals surface area contributed by atoms with Gasteiger partial charge in [-0.25, -0.2) is 4.98 Å². The number of para-hydroxylation sites is 1. The van der Waals surface area contributed by atoms with E-state index in [9.17, 15) is 0 Å². The molecule has 0 radical (unpaired) electrons. The van der Waals surface area contributed by atoms with Crippen molar-refractivity contribution in [2.75, 3.05) is 0 Å². The van der Waals surface area contributed by atoms with Crippen molar-refractivity contribution in [3.63, 3.8) is 0 Å². The zero-order chi connectivity index (χ0) is 13.4. The van der Waals surface area contributed by atoms with E-state index >= 15 is 0 Å². The fourth-order valence-electron chi connectivity index (χ4n) is 2.26. The maximum absolute atomic E-state index is 5.74. The number of benzene rings is 1. The van der Waals surface area contributed by atoms with Gasteiger partial charge in [-0.3, -0.25) is 4.98 Å². The van der Waals surface area contributed by atoms with Gasteiger partial charge in [0.15, 0.2) is 0 Å². The fourth-order valence-corrected chi connectivity index (χ4v) is 2.26. The highest BCUT2D eigenvalue weighted by molar-refractivity contribution is 5.87. The Kier molecular flexibility index (Phi) is 2.80. The molecule has 0 spiro atoms. The number of fused-ring (bicyclic) bond motifs is 1. The molecule has 0 amide bonds. The van der Waals surface area contributed by atoms with E-state index in [4.69, 9.17) is 5.73 Å². The van der Waals surface area contributed by atoms with Gasteiger partial charge in [0.2, 0.25) is 0 Å². The summed E-state index contributed by atoms with van der Waals surface area (Å²) in [7, 11) is 0. The molecule has 3 aromatic rings. The maximum Gasteiger partial charge on any atom is 0.0997 e. The summed E-state index contributed by atoms with van der Waals surface area (Å²) in [6.45, 7) is 4.52. The predicted molar refractivity (Wildman–Crippen MR) is 76.2 cm³/mol. The Morgan fingerprint density at radius 3 is 2.68 bits per heavy atom. The van der Waals surface area contributed by atoms with Crippen LogP contribution in [0, 0.1) is 13.8 Å². The molecular formula is C15H16N4. The zero-order valence-corrected chi connectivity index (χ0v) is 11.1. The van der Waals surface area contributed by atoms with Gasteiger partial charge in [0.05, 0.1) is 28.9 Å². The number of hydrogen-bond acceptors (Lipinski definition) is 3. The van der Waals surface area contributed by atoms with Crippen molar-refractivity contribution < 1.29 is 0 Å². The molecule has 2 aromatic heterocycles. The number of pyridine rings is 1. The average Bonchev–Trinajstić information content (AvgIpc) is 2.78. The van der Waals surface area contributed by atoms with Crippen molar-refractivity contribution in [2.24, 2.45) is 5.73 Å². The molecule has 0 fully saturated rings. The molecule has 0 aliphatic carbocycles. The lowest BCUT2D eigenvalue weighted by Gasteiger charge is -2.11. The standard InChI is InChI=1S/C15H16N4/c1-10-11(2)19(9-17-10)15-7-12(8-16)18-14-6-4-3-5-13(14)15/h3-7,9H,8,16H2,1-2H3. The van der Waals surface area contributed by atoms with Gasteiger partial charge in [-0.15, -0.1) is 0 Å². The van der Waals surface area contributed by atoms with Crippen LogP contribution in [-0.2, 0) is 6.54 Å². The van der Waals surface area contributed by atoms with Crippen LogP contribution in [0.15, 0.2) is 36.7 Å². The first kappa shape index (κ1) is 11.9. The molecule has 1 aromatic carbocycles. The lowest BCUT2D eigenvalue weighted by Crippen LogP contribution is -2.04. The van der Waals surface area contributed by atoms with Crippen LogP contribution < -0.4 is 5.73 Å². The minimum atomic E-state index is 0.435. The van der Waals surface area contributed by atoms with Gasteiger partial charge in [-0.1, -0.05) is 18.2 Å². The first-order valence-electron chi connectivity index (χ1n) is 6.30. The molecule has 4 heteroatoms. The van der Waals surface area contributed by atoms with Crippen molar-refractivity contribution in [1.29, 1.82) is 0 Å². The minimum absolute atomic E-state index is 0.435. The van der Waals surface area contributed by atoms with Crippen LogP contribution in [-0.4, -0.2) is 14.5 Å². The smallest absolute Gasteiger partial charge is 0.0997 e. The van der Waals surface area contributed by atoms with Crippen LogP contribution in [0.25, 0.3) is 16.6 Å². The Morgan fingerprint density at radius 1 is 1.21 bits per heavy atom. The van der Waals surface area contributed by atoms with E-state index in [1.54, 1.807) is 0 Å². The highest BCUT2D eigenvalue weighted by atomic mass is 15.1. The van der Waals surface area contributed by atoms with Gasteiger partial charge >= 0.3 is 0 Å². The number of aromatic nitrogens is 3. The summed E-state index contributed by atoms with van der Waals surface area (Å²) in [5.41, 5.74) is 10.9. The van der Waals surface area contributed by atoms with E-state index in [-0.39, 0.29) is 0 Å². The zero-order valence-electron chi connectivity index (χ0n) is 11.1. The third kappa shape index (κ3) is 1.90. The monoisotopic (exact) mass is 252 g/mol. The minimum Gasteiger partial charge on any atom is -0.325 e. The molecule has 96 valence electrons. The molecule has 4 nitrogen and oxygen atoms in total. The molecule has 0 saturated heterocycles. The third-order valence-electron chi connectivity index (χ3n) is 3.47. The maximum atomic E-state index is 5.74. The van der Waals surface area contributed by atoms with E-state index in [1.807, 2.05) is 37.5 Å². The summed E-state index contributed by atoms with van der Waals surface area (Å²) in [5, 5.41) is 1.11. The van der Waals surface area contributed by atoms with Gasteiger partial charge in [0, 0.05) is 17.6 Å². The Balaban J connectivity index is 2.36. The van der Waals surface area contributed by atoms with Crippen LogP contribution in [0.2, 0.25) is 0 Å². The average molecular weight is 252 g/mol. The van der Waals surface area contributed by atoms with Gasteiger partial charge in [0.25, 0.3) is 0 Å². The molecule has 2 N–H and O–H groups in total. The second-order valence-electron chi connectivity index (χ2n) is 4.64. The molecule has 19 heavy (non-hydrogen) atoms. The van der Waals surface area contributed by atoms with Crippen LogP contribution in [0.1, 0.15) is 17.1 Å². The van der Waals surface area contributed by atoms with Crippen molar-refractivity contribution >= 4 is 10.9 Å². The summed E-state index contributed by atoms with van der Waals surface area (Å²) in [6, 6.07) is 10.1. The SMILES string of the molecule is Cc1ncn(-c2cc(CN)nc3ccccc23)c1C. The predicted octanol–water partition coefficient (Wildman–Crippen LogP) is 2.50. The third-order valence-corrected chi connectivity index (χ3v) is 3.47. The lowest BCUT2D eigenvalue weighted by molar-refractivity contribution is 0.968. The van der Waals surface area contributed by atoms with Crippen molar-refractivity contribution in [1.82, 2.24) is 14.5 Å². The first-order valence-corrected chi connectivity index (χ1v) is 6.30. The quantitative estimate of drug-likeness (QED) is 0.762. The Bertz CT molecular complexity index is 743. The number of hydrogen-bond donors (Lipinski definition) is 1. The van der Waals surface area contributed by atoms with Crippen LogP contribution in [0.3, 0.4) is 0 Å². The highest BCUT2D eigenvalue weighted by Crippen LogP contribution is 2.24. The number of nitrogens with zero attached hydrogens (tertiary/aromatic N) is 3. The number of imidazole rings is 1. The number of rotatable bonds is 2. The van der Waals surface area contributed by atoms with Gasteiger partial charge < -0.3 is 10.3 Å². The van der Waals surface area contributed by atoms with Crippen molar-refractivity contribution in [3.05, 3.63) is 53.7 Å². The Hall–Kier alpha value is -2.20. The van der Waals surface area contributed by atoms with E-state index < -0.39 is 0 Å². The van der Waals surface area contributed by atoms with Crippen molar-refractivity contribution in [3.8, 4) is 5.69 Å². The van der Waals surface area contributed by atoms with Gasteiger partial charge in [-0.05, 0) is 26.0 Å². The Labute approximate surface area is 111 Å². The fraction of sp³-hybridized carbons (Fsp3) is 0.200. The summed E-state index contributed by atoms with van der Waals surface area (Å²) < 4.78 is 2.10. The molecule has 0 saturated carbocycles. The van der Waals surface area contributed by atoms with E-state index in [2.05, 4.69) is 27.5 Å². The molecule has 0 atom stereocenters. The molecule has 0 aliphatic heterocycles. The first-order chi connectivity index (χ1) is 9.20. The summed E-state index contributed by atoms with van der Waals surface area (Å²) >= 11 is 0. The molecule has 0 aliphatic rings. The molecular weight excluding hydrogens is 236 g/mol. The van der Waals surface area contributed by atoms with Crippen molar-refractivity contribution in [2.45, 2.75) is 20.4 Å².